The van der Waals surface area contributed by atoms with E-state index in [1.165, 1.54) is 0 Å². The van der Waals surface area contributed by atoms with E-state index in [2.05, 4.69) is 27.1 Å². The molecule has 2 aliphatic rings. The van der Waals surface area contributed by atoms with E-state index in [0.717, 1.165) is 19.3 Å². The van der Waals surface area contributed by atoms with Gasteiger partial charge in [-0.1, -0.05) is 0 Å². The van der Waals surface area contributed by atoms with E-state index in [1.807, 2.05) is 4.90 Å². The second-order valence-electron chi connectivity index (χ2n) is 6.94. The fourth-order valence-electron chi connectivity index (χ4n) is 3.47. The molecule has 0 N–H and O–H groups in total. The van der Waals surface area contributed by atoms with Crippen molar-refractivity contribution in [1.82, 2.24) is 9.78 Å². The summed E-state index contributed by atoms with van der Waals surface area (Å²) < 4.78 is 29.3. The summed E-state index contributed by atoms with van der Waals surface area (Å²) in [6.45, 7) is 1.30. The van der Waals surface area contributed by atoms with Crippen molar-refractivity contribution in [2.45, 2.75) is 31.5 Å². The summed E-state index contributed by atoms with van der Waals surface area (Å²) >= 11 is 3.43. The standard InChI is InChI=1S/C19H20BrFN4O2/c1-24-19(14(20)9-23-24)17-13(8-22)16(27-11-3-4-11)7-15(18(17)21)25-6-5-12(10-25)26-2/h7,9,11-12H,3-6,10H2,1-2H3. The van der Waals surface area contributed by atoms with Crippen molar-refractivity contribution in [1.29, 1.82) is 5.26 Å². The Hall–Kier alpha value is -2.11. The lowest BCUT2D eigenvalue weighted by molar-refractivity contribution is 0.121. The van der Waals surface area contributed by atoms with Crippen LogP contribution in [0, 0.1) is 17.1 Å². The number of nitriles is 1. The van der Waals surface area contributed by atoms with Crippen LogP contribution in [-0.4, -0.2) is 42.2 Å². The van der Waals surface area contributed by atoms with Gasteiger partial charge in [-0.05, 0) is 35.2 Å². The summed E-state index contributed by atoms with van der Waals surface area (Å²) in [5.41, 5.74) is 1.38. The Morgan fingerprint density at radius 2 is 2.11 bits per heavy atom. The van der Waals surface area contributed by atoms with Gasteiger partial charge in [0, 0.05) is 33.3 Å². The van der Waals surface area contributed by atoms with Crippen LogP contribution < -0.4 is 9.64 Å². The average molecular weight is 435 g/mol. The molecule has 0 amide bonds. The summed E-state index contributed by atoms with van der Waals surface area (Å²) in [5.74, 6) is -0.00360. The molecule has 2 fully saturated rings. The van der Waals surface area contributed by atoms with Gasteiger partial charge in [0.2, 0.25) is 0 Å². The van der Waals surface area contributed by atoms with Gasteiger partial charge in [0.25, 0.3) is 0 Å². The van der Waals surface area contributed by atoms with Crippen molar-refractivity contribution in [2.75, 3.05) is 25.1 Å². The third kappa shape index (κ3) is 3.30. The van der Waals surface area contributed by atoms with Crippen LogP contribution in [0.3, 0.4) is 0 Å². The van der Waals surface area contributed by atoms with E-state index in [-0.39, 0.29) is 23.3 Å². The number of aryl methyl sites for hydroxylation is 1. The summed E-state index contributed by atoms with van der Waals surface area (Å²) in [7, 11) is 3.40. The number of nitrogens with zero attached hydrogens (tertiary/aromatic N) is 4. The molecule has 2 heterocycles. The number of aromatic nitrogens is 2. The first-order chi connectivity index (χ1) is 13.0. The van der Waals surface area contributed by atoms with Crippen LogP contribution in [-0.2, 0) is 11.8 Å². The number of halogens is 2. The first kappa shape index (κ1) is 18.3. The second kappa shape index (κ2) is 7.13. The zero-order valence-electron chi connectivity index (χ0n) is 15.2. The number of benzene rings is 1. The number of anilines is 1. The molecule has 1 aromatic heterocycles. The molecule has 8 heteroatoms. The van der Waals surface area contributed by atoms with Crippen LogP contribution in [0.15, 0.2) is 16.7 Å². The molecule has 1 aliphatic carbocycles. The molecular weight excluding hydrogens is 415 g/mol. The minimum absolute atomic E-state index is 0.0692. The molecule has 1 aromatic carbocycles. The van der Waals surface area contributed by atoms with Crippen LogP contribution in [0.1, 0.15) is 24.8 Å². The molecule has 27 heavy (non-hydrogen) atoms. The summed E-state index contributed by atoms with van der Waals surface area (Å²) in [6, 6.07) is 3.81. The van der Waals surface area contributed by atoms with E-state index < -0.39 is 5.82 Å². The van der Waals surface area contributed by atoms with Gasteiger partial charge in [0.05, 0.1) is 39.8 Å². The highest BCUT2D eigenvalue weighted by atomic mass is 79.9. The van der Waals surface area contributed by atoms with E-state index in [4.69, 9.17) is 9.47 Å². The van der Waals surface area contributed by atoms with Crippen LogP contribution in [0.4, 0.5) is 10.1 Å². The van der Waals surface area contributed by atoms with E-state index in [1.54, 1.807) is 31.1 Å². The van der Waals surface area contributed by atoms with Gasteiger partial charge in [-0.15, -0.1) is 0 Å². The van der Waals surface area contributed by atoms with Gasteiger partial charge in [0.1, 0.15) is 17.4 Å². The third-order valence-electron chi connectivity index (χ3n) is 5.09. The monoisotopic (exact) mass is 434 g/mol. The predicted molar refractivity (Wildman–Crippen MR) is 102 cm³/mol. The molecular formula is C19H20BrFN4O2. The average Bonchev–Trinajstić information content (AvgIpc) is 3.24. The Balaban J connectivity index is 1.90. The third-order valence-corrected chi connectivity index (χ3v) is 5.67. The Kier molecular flexibility index (Phi) is 4.82. The maximum Gasteiger partial charge on any atom is 0.157 e. The minimum Gasteiger partial charge on any atom is -0.489 e. The number of ether oxygens (including phenoxy) is 2. The van der Waals surface area contributed by atoms with Gasteiger partial charge < -0.3 is 14.4 Å². The molecule has 1 saturated carbocycles. The number of hydrogen-bond acceptors (Lipinski definition) is 5. The van der Waals surface area contributed by atoms with Crippen molar-refractivity contribution in [3.05, 3.63) is 28.1 Å². The molecule has 1 unspecified atom stereocenters. The topological polar surface area (TPSA) is 63.3 Å². The van der Waals surface area contributed by atoms with Gasteiger partial charge in [-0.2, -0.15) is 10.4 Å². The van der Waals surface area contributed by atoms with Crippen molar-refractivity contribution in [3.63, 3.8) is 0 Å². The zero-order chi connectivity index (χ0) is 19.1. The number of hydrogen-bond donors (Lipinski definition) is 0. The molecule has 0 radical (unpaired) electrons. The molecule has 1 atom stereocenters. The Bertz CT molecular complexity index is 900. The Morgan fingerprint density at radius 3 is 2.67 bits per heavy atom. The first-order valence-corrected chi connectivity index (χ1v) is 9.71. The molecule has 0 bridgehead atoms. The molecule has 2 aromatic rings. The fraction of sp³-hybridized carbons (Fsp3) is 0.474. The highest BCUT2D eigenvalue weighted by Gasteiger charge is 2.32. The number of rotatable bonds is 5. The quantitative estimate of drug-likeness (QED) is 0.718. The molecule has 4 rings (SSSR count). The number of methoxy groups -OCH3 is 1. The van der Waals surface area contributed by atoms with E-state index in [0.29, 0.717) is 34.7 Å². The van der Waals surface area contributed by atoms with Gasteiger partial charge in [-0.3, -0.25) is 4.68 Å². The predicted octanol–water partition coefficient (Wildman–Crippen LogP) is 3.63. The lowest BCUT2D eigenvalue weighted by Gasteiger charge is -2.23. The Morgan fingerprint density at radius 1 is 1.33 bits per heavy atom. The highest BCUT2D eigenvalue weighted by Crippen LogP contribution is 2.43. The normalized spacial score (nSPS) is 19.4. The van der Waals surface area contributed by atoms with E-state index in [9.17, 15) is 5.26 Å². The van der Waals surface area contributed by atoms with Crippen molar-refractivity contribution in [3.8, 4) is 23.1 Å². The van der Waals surface area contributed by atoms with Crippen LogP contribution in [0.25, 0.3) is 11.3 Å². The van der Waals surface area contributed by atoms with Gasteiger partial charge >= 0.3 is 0 Å². The van der Waals surface area contributed by atoms with Crippen molar-refractivity contribution < 1.29 is 13.9 Å². The first-order valence-electron chi connectivity index (χ1n) is 8.92. The SMILES string of the molecule is COC1CCN(c2cc(OC3CC3)c(C#N)c(-c3c(Br)cnn3C)c2F)C1. The summed E-state index contributed by atoms with van der Waals surface area (Å²) in [4.78, 5) is 1.96. The maximum atomic E-state index is 15.7. The zero-order valence-corrected chi connectivity index (χ0v) is 16.8. The largest absolute Gasteiger partial charge is 0.489 e. The van der Waals surface area contributed by atoms with Crippen LogP contribution in [0.2, 0.25) is 0 Å². The lowest BCUT2D eigenvalue weighted by atomic mass is 10.0. The Labute approximate surface area is 165 Å². The lowest BCUT2D eigenvalue weighted by Crippen LogP contribution is -2.24. The summed E-state index contributed by atoms with van der Waals surface area (Å²) in [6.07, 6.45) is 4.51. The fourth-order valence-corrected chi connectivity index (χ4v) is 4.02. The van der Waals surface area contributed by atoms with Gasteiger partial charge in [-0.25, -0.2) is 4.39 Å². The van der Waals surface area contributed by atoms with Crippen LogP contribution >= 0.6 is 15.9 Å². The van der Waals surface area contributed by atoms with Crippen molar-refractivity contribution in [2.24, 2.45) is 7.05 Å². The highest BCUT2D eigenvalue weighted by molar-refractivity contribution is 9.10. The summed E-state index contributed by atoms with van der Waals surface area (Å²) in [5, 5.41) is 14.0. The van der Waals surface area contributed by atoms with E-state index >= 15 is 4.39 Å². The molecule has 1 saturated heterocycles. The maximum absolute atomic E-state index is 15.7. The smallest absolute Gasteiger partial charge is 0.157 e. The van der Waals surface area contributed by atoms with Crippen molar-refractivity contribution >= 4 is 21.6 Å². The van der Waals surface area contributed by atoms with Gasteiger partial charge in [0.15, 0.2) is 5.82 Å². The molecule has 0 spiro atoms. The molecule has 142 valence electrons. The molecule has 1 aliphatic heterocycles. The second-order valence-corrected chi connectivity index (χ2v) is 7.80. The molecule has 6 nitrogen and oxygen atoms in total. The minimum atomic E-state index is -0.434. The van der Waals surface area contributed by atoms with Crippen LogP contribution in [0.5, 0.6) is 5.75 Å².